The average molecular weight is 311 g/mol. The lowest BCUT2D eigenvalue weighted by molar-refractivity contribution is 0.187. The molecule has 104 valence electrons. The fourth-order valence-electron chi connectivity index (χ4n) is 1.55. The summed E-state index contributed by atoms with van der Waals surface area (Å²) in [5.41, 5.74) is 2.34. The fraction of sp³-hybridized carbons (Fsp3) is 0.0714. The molecule has 0 saturated carbocycles. The van der Waals surface area contributed by atoms with Crippen LogP contribution < -0.4 is 10.6 Å². The zero-order valence-corrected chi connectivity index (χ0v) is 12.1. The average Bonchev–Trinajstić information content (AvgIpc) is 2.45. The molecule has 0 fully saturated rings. The Balaban J connectivity index is 2.06. The second-order valence-corrected chi connectivity index (χ2v) is 4.76. The molecule has 4 nitrogen and oxygen atoms in total. The molecule has 2 aromatic rings. The van der Waals surface area contributed by atoms with Crippen molar-refractivity contribution in [2.75, 3.05) is 17.7 Å². The van der Waals surface area contributed by atoms with Gasteiger partial charge < -0.3 is 10.1 Å². The lowest BCUT2D eigenvalue weighted by atomic mass is 10.2. The topological polar surface area (TPSA) is 50.4 Å². The third-order valence-electron chi connectivity index (χ3n) is 2.52. The van der Waals surface area contributed by atoms with E-state index in [9.17, 15) is 4.79 Å². The van der Waals surface area contributed by atoms with Crippen molar-refractivity contribution in [1.29, 1.82) is 0 Å². The molecule has 1 amide bonds. The lowest BCUT2D eigenvalue weighted by Gasteiger charge is -2.09. The minimum Gasteiger partial charge on any atom is -0.453 e. The van der Waals surface area contributed by atoms with Crippen LogP contribution >= 0.6 is 23.2 Å². The molecule has 0 atom stereocenters. The molecule has 0 aromatic heterocycles. The van der Waals surface area contributed by atoms with Crippen molar-refractivity contribution in [2.24, 2.45) is 0 Å². The number of amides is 1. The van der Waals surface area contributed by atoms with Gasteiger partial charge in [0.05, 0.1) is 17.2 Å². The number of methoxy groups -OCH3 is 1. The Labute approximate surface area is 126 Å². The Morgan fingerprint density at radius 3 is 2.15 bits per heavy atom. The molecule has 6 heteroatoms. The second kappa shape index (κ2) is 6.50. The summed E-state index contributed by atoms with van der Waals surface area (Å²) in [6.45, 7) is 0. The molecule has 2 rings (SSSR count). The van der Waals surface area contributed by atoms with Crippen molar-refractivity contribution < 1.29 is 9.53 Å². The van der Waals surface area contributed by atoms with Crippen molar-refractivity contribution in [1.82, 2.24) is 0 Å². The predicted octanol–water partition coefficient (Wildman–Crippen LogP) is 4.92. The number of carbonyl (C=O) groups is 1. The number of ether oxygens (including phenoxy) is 1. The maximum Gasteiger partial charge on any atom is 0.411 e. The van der Waals surface area contributed by atoms with Gasteiger partial charge >= 0.3 is 6.09 Å². The minimum atomic E-state index is -0.504. The van der Waals surface area contributed by atoms with E-state index < -0.39 is 6.09 Å². The van der Waals surface area contributed by atoms with E-state index in [0.29, 0.717) is 15.7 Å². The SMILES string of the molecule is COC(=O)Nc1ccc(Nc2ccc(Cl)c(Cl)c2)cc1. The number of carbonyl (C=O) groups excluding carboxylic acids is 1. The first-order valence-electron chi connectivity index (χ1n) is 5.75. The lowest BCUT2D eigenvalue weighted by Crippen LogP contribution is -2.10. The smallest absolute Gasteiger partial charge is 0.411 e. The van der Waals surface area contributed by atoms with Crippen LogP contribution in [0.25, 0.3) is 0 Å². The van der Waals surface area contributed by atoms with Gasteiger partial charge in [0.1, 0.15) is 0 Å². The number of halogens is 2. The van der Waals surface area contributed by atoms with Gasteiger partial charge in [0.25, 0.3) is 0 Å². The molecule has 0 radical (unpaired) electrons. The zero-order chi connectivity index (χ0) is 14.5. The molecule has 20 heavy (non-hydrogen) atoms. The van der Waals surface area contributed by atoms with Gasteiger partial charge in [-0.1, -0.05) is 23.2 Å². The summed E-state index contributed by atoms with van der Waals surface area (Å²) in [5.74, 6) is 0. The quantitative estimate of drug-likeness (QED) is 0.846. The van der Waals surface area contributed by atoms with Crippen LogP contribution in [-0.2, 0) is 4.74 Å². The van der Waals surface area contributed by atoms with Crippen molar-refractivity contribution >= 4 is 46.4 Å². The summed E-state index contributed by atoms with van der Waals surface area (Å²) < 4.78 is 4.51. The van der Waals surface area contributed by atoms with Gasteiger partial charge in [-0.25, -0.2) is 4.79 Å². The van der Waals surface area contributed by atoms with Crippen molar-refractivity contribution in [2.45, 2.75) is 0 Å². The number of hydrogen-bond donors (Lipinski definition) is 2. The molecular formula is C14H12Cl2N2O2. The van der Waals surface area contributed by atoms with Crippen LogP contribution in [0.15, 0.2) is 42.5 Å². The maximum absolute atomic E-state index is 11.1. The van der Waals surface area contributed by atoms with Crippen LogP contribution in [0, 0.1) is 0 Å². The summed E-state index contributed by atoms with van der Waals surface area (Å²) in [7, 11) is 1.32. The molecule has 2 aromatic carbocycles. The monoisotopic (exact) mass is 310 g/mol. The summed E-state index contributed by atoms with van der Waals surface area (Å²) >= 11 is 11.8. The molecule has 2 N–H and O–H groups in total. The van der Waals surface area contributed by atoms with Crippen LogP contribution in [0.2, 0.25) is 10.0 Å². The van der Waals surface area contributed by atoms with E-state index in [1.165, 1.54) is 7.11 Å². The molecule has 0 saturated heterocycles. The van der Waals surface area contributed by atoms with Crippen LogP contribution in [0.1, 0.15) is 0 Å². The fourth-order valence-corrected chi connectivity index (χ4v) is 1.84. The third-order valence-corrected chi connectivity index (χ3v) is 3.26. The van der Waals surface area contributed by atoms with Crippen LogP contribution in [-0.4, -0.2) is 13.2 Å². The van der Waals surface area contributed by atoms with Crippen LogP contribution in [0.4, 0.5) is 21.9 Å². The van der Waals surface area contributed by atoms with Crippen LogP contribution in [0.5, 0.6) is 0 Å². The second-order valence-electron chi connectivity index (χ2n) is 3.95. The molecular weight excluding hydrogens is 299 g/mol. The highest BCUT2D eigenvalue weighted by Gasteiger charge is 2.02. The summed E-state index contributed by atoms with van der Waals surface area (Å²) in [4.78, 5) is 11.1. The molecule has 0 aliphatic heterocycles. The minimum absolute atomic E-state index is 0.487. The van der Waals surface area contributed by atoms with Gasteiger partial charge in [0, 0.05) is 17.1 Å². The summed E-state index contributed by atoms with van der Waals surface area (Å²) in [5, 5.41) is 6.75. The normalized spacial score (nSPS) is 9.95. The predicted molar refractivity (Wildman–Crippen MR) is 82.2 cm³/mol. The van der Waals surface area contributed by atoms with Gasteiger partial charge in [-0.15, -0.1) is 0 Å². The van der Waals surface area contributed by atoms with Crippen molar-refractivity contribution in [3.63, 3.8) is 0 Å². The Morgan fingerprint density at radius 2 is 1.55 bits per heavy atom. The molecule has 0 unspecified atom stereocenters. The van der Waals surface area contributed by atoms with Crippen molar-refractivity contribution in [3.05, 3.63) is 52.5 Å². The van der Waals surface area contributed by atoms with Gasteiger partial charge in [0.15, 0.2) is 0 Å². The van der Waals surface area contributed by atoms with E-state index in [1.54, 1.807) is 24.3 Å². The van der Waals surface area contributed by atoms with Crippen molar-refractivity contribution in [3.8, 4) is 0 Å². The van der Waals surface area contributed by atoms with E-state index in [4.69, 9.17) is 23.2 Å². The van der Waals surface area contributed by atoms with E-state index >= 15 is 0 Å². The molecule has 0 spiro atoms. The summed E-state index contributed by atoms with van der Waals surface area (Å²) in [6.07, 6.45) is -0.504. The highest BCUT2D eigenvalue weighted by Crippen LogP contribution is 2.27. The van der Waals surface area contributed by atoms with Gasteiger partial charge in [-0.05, 0) is 42.5 Å². The first-order chi connectivity index (χ1) is 9.58. The molecule has 0 aliphatic rings. The number of rotatable bonds is 3. The Hall–Kier alpha value is -1.91. The number of nitrogens with one attached hydrogen (secondary N) is 2. The first kappa shape index (κ1) is 14.5. The van der Waals surface area contributed by atoms with E-state index in [2.05, 4.69) is 15.4 Å². The van der Waals surface area contributed by atoms with Gasteiger partial charge in [-0.3, -0.25) is 5.32 Å². The van der Waals surface area contributed by atoms with Gasteiger partial charge in [0.2, 0.25) is 0 Å². The van der Waals surface area contributed by atoms with E-state index in [0.717, 1.165) is 11.4 Å². The number of hydrogen-bond acceptors (Lipinski definition) is 3. The largest absolute Gasteiger partial charge is 0.453 e. The van der Waals surface area contributed by atoms with Crippen LogP contribution in [0.3, 0.4) is 0 Å². The Morgan fingerprint density at radius 1 is 0.950 bits per heavy atom. The summed E-state index contributed by atoms with van der Waals surface area (Å²) in [6, 6.07) is 12.5. The Bertz CT molecular complexity index is 615. The number of benzene rings is 2. The molecule has 0 bridgehead atoms. The highest BCUT2D eigenvalue weighted by molar-refractivity contribution is 6.42. The zero-order valence-electron chi connectivity index (χ0n) is 10.6. The highest BCUT2D eigenvalue weighted by atomic mass is 35.5. The maximum atomic E-state index is 11.1. The van der Waals surface area contributed by atoms with E-state index in [1.807, 2.05) is 18.2 Å². The standard InChI is InChI=1S/C14H12Cl2N2O2/c1-20-14(19)18-10-4-2-9(3-5-10)17-11-6-7-12(15)13(16)8-11/h2-8,17H,1H3,(H,18,19). The van der Waals surface area contributed by atoms with E-state index in [-0.39, 0.29) is 0 Å². The number of anilines is 3. The third kappa shape index (κ3) is 3.79. The Kier molecular flexibility index (Phi) is 4.71. The first-order valence-corrected chi connectivity index (χ1v) is 6.51. The molecule has 0 aliphatic carbocycles. The van der Waals surface area contributed by atoms with Gasteiger partial charge in [-0.2, -0.15) is 0 Å². The molecule has 0 heterocycles.